The topological polar surface area (TPSA) is 45.6 Å². The minimum atomic E-state index is -0.449. The van der Waals surface area contributed by atoms with E-state index >= 15 is 0 Å². The molecule has 1 aromatic rings. The summed E-state index contributed by atoms with van der Waals surface area (Å²) in [6, 6.07) is 4.17. The molecule has 1 fully saturated rings. The van der Waals surface area contributed by atoms with Crippen molar-refractivity contribution in [2.75, 3.05) is 25.2 Å². The van der Waals surface area contributed by atoms with Gasteiger partial charge in [-0.3, -0.25) is 0 Å². The van der Waals surface area contributed by atoms with Crippen LogP contribution in [0, 0.1) is 0 Å². The summed E-state index contributed by atoms with van der Waals surface area (Å²) < 4.78 is 5.36. The zero-order chi connectivity index (χ0) is 11.5. The Labute approximate surface area is 95.9 Å². The van der Waals surface area contributed by atoms with E-state index in [0.717, 1.165) is 31.0 Å². The fourth-order valence-corrected chi connectivity index (χ4v) is 1.90. The molecule has 1 aliphatic rings. The molecule has 0 aliphatic carbocycles. The summed E-state index contributed by atoms with van der Waals surface area (Å²) in [7, 11) is 2.02. The zero-order valence-corrected chi connectivity index (χ0v) is 9.76. The average molecular weight is 222 g/mol. The monoisotopic (exact) mass is 222 g/mol. The Morgan fingerprint density at radius 2 is 2.44 bits per heavy atom. The first kappa shape index (κ1) is 11.4. The van der Waals surface area contributed by atoms with E-state index < -0.39 is 6.10 Å². The molecule has 0 spiro atoms. The molecule has 0 radical (unpaired) electrons. The van der Waals surface area contributed by atoms with Crippen LogP contribution in [0.1, 0.15) is 25.0 Å². The third-order valence-electron chi connectivity index (χ3n) is 3.07. The number of ether oxygens (including phenoxy) is 1. The number of nitrogens with zero attached hydrogens (tertiary/aromatic N) is 2. The van der Waals surface area contributed by atoms with Crippen LogP contribution in [0.4, 0.5) is 5.82 Å². The molecule has 1 aliphatic heterocycles. The molecule has 1 saturated heterocycles. The molecule has 4 heteroatoms. The van der Waals surface area contributed by atoms with Gasteiger partial charge in [0.25, 0.3) is 0 Å². The van der Waals surface area contributed by atoms with Gasteiger partial charge in [-0.1, -0.05) is 0 Å². The molecule has 4 nitrogen and oxygen atoms in total. The summed E-state index contributed by atoms with van der Waals surface area (Å²) in [6.07, 6.45) is 2.33. The van der Waals surface area contributed by atoms with Gasteiger partial charge in [0.15, 0.2) is 0 Å². The quantitative estimate of drug-likeness (QED) is 0.838. The van der Waals surface area contributed by atoms with Crippen LogP contribution in [-0.2, 0) is 4.74 Å². The Kier molecular flexibility index (Phi) is 3.41. The third-order valence-corrected chi connectivity index (χ3v) is 3.07. The summed E-state index contributed by atoms with van der Waals surface area (Å²) in [5.41, 5.74) is 0.899. The van der Waals surface area contributed by atoms with Gasteiger partial charge >= 0.3 is 0 Å². The molecule has 2 unspecified atom stereocenters. The molecule has 16 heavy (non-hydrogen) atoms. The van der Waals surface area contributed by atoms with Gasteiger partial charge in [-0.25, -0.2) is 4.98 Å². The summed E-state index contributed by atoms with van der Waals surface area (Å²) in [4.78, 5) is 6.45. The van der Waals surface area contributed by atoms with Crippen LogP contribution in [0.25, 0.3) is 0 Å². The fourth-order valence-electron chi connectivity index (χ4n) is 1.90. The molecular formula is C12H18N2O2. The van der Waals surface area contributed by atoms with Crippen molar-refractivity contribution in [1.29, 1.82) is 0 Å². The van der Waals surface area contributed by atoms with Crippen LogP contribution in [0.3, 0.4) is 0 Å². The van der Waals surface area contributed by atoms with Crippen LogP contribution in [0.15, 0.2) is 18.3 Å². The van der Waals surface area contributed by atoms with Gasteiger partial charge in [-0.15, -0.1) is 0 Å². The first-order valence-electron chi connectivity index (χ1n) is 5.63. The molecule has 2 heterocycles. The molecule has 2 atom stereocenters. The summed E-state index contributed by atoms with van der Waals surface area (Å²) in [5.74, 6) is 0.897. The lowest BCUT2D eigenvalue weighted by molar-refractivity contribution is 0.193. The minimum Gasteiger partial charge on any atom is -0.389 e. The zero-order valence-electron chi connectivity index (χ0n) is 9.76. The van der Waals surface area contributed by atoms with E-state index in [1.807, 2.05) is 19.2 Å². The lowest BCUT2D eigenvalue weighted by Crippen LogP contribution is -2.32. The maximum Gasteiger partial charge on any atom is 0.128 e. The predicted octanol–water partition coefficient (Wildman–Crippen LogP) is 1.36. The van der Waals surface area contributed by atoms with Gasteiger partial charge in [0, 0.05) is 19.9 Å². The SMILES string of the molecule is CC(O)c1ccnc(N(C)C2CCOC2)c1. The van der Waals surface area contributed by atoms with E-state index in [2.05, 4.69) is 9.88 Å². The van der Waals surface area contributed by atoms with Gasteiger partial charge in [0.05, 0.1) is 18.8 Å². The first-order chi connectivity index (χ1) is 7.68. The van der Waals surface area contributed by atoms with E-state index in [1.165, 1.54) is 0 Å². The lowest BCUT2D eigenvalue weighted by Gasteiger charge is -2.24. The fraction of sp³-hybridized carbons (Fsp3) is 0.583. The van der Waals surface area contributed by atoms with Crippen molar-refractivity contribution >= 4 is 5.82 Å². The van der Waals surface area contributed by atoms with Crippen molar-refractivity contribution in [2.24, 2.45) is 0 Å². The predicted molar refractivity (Wildman–Crippen MR) is 62.5 cm³/mol. The number of rotatable bonds is 3. The average Bonchev–Trinajstić information content (AvgIpc) is 2.81. The molecule has 0 saturated carbocycles. The maximum absolute atomic E-state index is 9.52. The van der Waals surface area contributed by atoms with Crippen molar-refractivity contribution in [1.82, 2.24) is 4.98 Å². The van der Waals surface area contributed by atoms with E-state index in [9.17, 15) is 5.11 Å². The van der Waals surface area contributed by atoms with E-state index in [-0.39, 0.29) is 0 Å². The molecule has 1 aromatic heterocycles. The number of hydrogen-bond donors (Lipinski definition) is 1. The van der Waals surface area contributed by atoms with Crippen LogP contribution in [-0.4, -0.2) is 36.4 Å². The number of likely N-dealkylation sites (N-methyl/N-ethyl adjacent to an activating group) is 1. The van der Waals surface area contributed by atoms with Crippen molar-refractivity contribution in [3.63, 3.8) is 0 Å². The van der Waals surface area contributed by atoms with Crippen molar-refractivity contribution in [3.8, 4) is 0 Å². The van der Waals surface area contributed by atoms with Crippen LogP contribution >= 0.6 is 0 Å². The van der Waals surface area contributed by atoms with Gasteiger partial charge in [-0.2, -0.15) is 0 Å². The molecule has 1 N–H and O–H groups in total. The molecule has 0 aromatic carbocycles. The minimum absolute atomic E-state index is 0.400. The van der Waals surface area contributed by atoms with Crippen LogP contribution < -0.4 is 4.90 Å². The van der Waals surface area contributed by atoms with Gasteiger partial charge in [0.1, 0.15) is 5.82 Å². The highest BCUT2D eigenvalue weighted by atomic mass is 16.5. The Balaban J connectivity index is 2.15. The van der Waals surface area contributed by atoms with Crippen molar-refractivity contribution < 1.29 is 9.84 Å². The Morgan fingerprint density at radius 1 is 1.62 bits per heavy atom. The summed E-state index contributed by atoms with van der Waals surface area (Å²) in [6.45, 7) is 3.35. The Hall–Kier alpha value is -1.13. The largest absolute Gasteiger partial charge is 0.389 e. The van der Waals surface area contributed by atoms with Gasteiger partial charge in [0.2, 0.25) is 0 Å². The van der Waals surface area contributed by atoms with Gasteiger partial charge in [-0.05, 0) is 31.0 Å². The highest BCUT2D eigenvalue weighted by Crippen LogP contribution is 2.21. The lowest BCUT2D eigenvalue weighted by atomic mass is 10.1. The standard InChI is InChI=1S/C12H18N2O2/c1-9(15)10-3-5-13-12(7-10)14(2)11-4-6-16-8-11/h3,5,7,9,11,15H,4,6,8H2,1-2H3. The normalized spacial score (nSPS) is 22.1. The van der Waals surface area contributed by atoms with Crippen molar-refractivity contribution in [2.45, 2.75) is 25.5 Å². The number of aromatic nitrogens is 1. The molecule has 2 rings (SSSR count). The number of aliphatic hydroxyl groups excluding tert-OH is 1. The van der Waals surface area contributed by atoms with Crippen LogP contribution in [0.2, 0.25) is 0 Å². The highest BCUT2D eigenvalue weighted by molar-refractivity contribution is 5.42. The maximum atomic E-state index is 9.52. The number of pyridine rings is 1. The second kappa shape index (κ2) is 4.80. The number of anilines is 1. The number of aliphatic hydroxyl groups is 1. The van der Waals surface area contributed by atoms with Gasteiger partial charge < -0.3 is 14.7 Å². The first-order valence-corrected chi connectivity index (χ1v) is 5.63. The molecular weight excluding hydrogens is 204 g/mol. The van der Waals surface area contributed by atoms with E-state index in [4.69, 9.17) is 4.74 Å². The molecule has 0 amide bonds. The highest BCUT2D eigenvalue weighted by Gasteiger charge is 2.21. The Bertz CT molecular complexity index is 349. The molecule has 0 bridgehead atoms. The molecule has 88 valence electrons. The summed E-state index contributed by atoms with van der Waals surface area (Å²) in [5, 5.41) is 9.52. The summed E-state index contributed by atoms with van der Waals surface area (Å²) >= 11 is 0. The smallest absolute Gasteiger partial charge is 0.128 e. The Morgan fingerprint density at radius 3 is 3.06 bits per heavy atom. The van der Waals surface area contributed by atoms with E-state index in [0.29, 0.717) is 6.04 Å². The van der Waals surface area contributed by atoms with Crippen LogP contribution in [0.5, 0.6) is 0 Å². The van der Waals surface area contributed by atoms with Crippen molar-refractivity contribution in [3.05, 3.63) is 23.9 Å². The van der Waals surface area contributed by atoms with E-state index in [1.54, 1.807) is 13.1 Å². The second-order valence-electron chi connectivity index (χ2n) is 4.25. The second-order valence-corrected chi connectivity index (χ2v) is 4.25. The third kappa shape index (κ3) is 2.33. The number of hydrogen-bond acceptors (Lipinski definition) is 4.